The predicted octanol–water partition coefficient (Wildman–Crippen LogP) is 4.06. The van der Waals surface area contributed by atoms with E-state index < -0.39 is 0 Å². The van der Waals surface area contributed by atoms with Crippen LogP contribution < -0.4 is 10.6 Å². The lowest BCUT2D eigenvalue weighted by atomic mass is 10.1. The van der Waals surface area contributed by atoms with Crippen molar-refractivity contribution in [1.29, 1.82) is 0 Å². The number of nitrogens with two attached hydrogens (primary N) is 1. The third kappa shape index (κ3) is 4.40. The van der Waals surface area contributed by atoms with Crippen molar-refractivity contribution in [1.82, 2.24) is 0 Å². The molecule has 20 heavy (non-hydrogen) atoms. The Kier molecular flexibility index (Phi) is 5.43. The Labute approximate surface area is 135 Å². The number of thioether (sulfide) groups is 1. The molecule has 0 spiro atoms. The van der Waals surface area contributed by atoms with Crippen LogP contribution in [0.25, 0.3) is 0 Å². The van der Waals surface area contributed by atoms with E-state index in [0.29, 0.717) is 4.75 Å². The van der Waals surface area contributed by atoms with Gasteiger partial charge in [0, 0.05) is 34.1 Å². The van der Waals surface area contributed by atoms with Gasteiger partial charge in [0.1, 0.15) is 0 Å². The maximum Gasteiger partial charge on any atom is 0.0511 e. The van der Waals surface area contributed by atoms with Crippen LogP contribution in [-0.2, 0) is 6.42 Å². The number of nitrogens with zero attached hydrogens (tertiary/aromatic N) is 1. The highest BCUT2D eigenvalue weighted by molar-refractivity contribution is 9.10. The maximum absolute atomic E-state index is 5.88. The first-order valence-electron chi connectivity index (χ1n) is 7.30. The average Bonchev–Trinajstić information content (AvgIpc) is 2.50. The molecule has 1 heterocycles. The lowest BCUT2D eigenvalue weighted by molar-refractivity contribution is 0.637. The first-order valence-corrected chi connectivity index (χ1v) is 9.08. The molecule has 112 valence electrons. The fourth-order valence-corrected chi connectivity index (χ4v) is 4.34. The molecule has 1 saturated heterocycles. The van der Waals surface area contributed by atoms with E-state index in [9.17, 15) is 0 Å². The first-order chi connectivity index (χ1) is 9.37. The maximum atomic E-state index is 5.88. The predicted molar refractivity (Wildman–Crippen MR) is 94.9 cm³/mol. The van der Waals surface area contributed by atoms with Gasteiger partial charge in [0.15, 0.2) is 0 Å². The zero-order valence-electron chi connectivity index (χ0n) is 12.7. The molecule has 0 saturated carbocycles. The second-order valence-corrected chi connectivity index (χ2v) is 8.97. The molecule has 1 aromatic carbocycles. The van der Waals surface area contributed by atoms with Crippen LogP contribution >= 0.6 is 27.7 Å². The number of anilines is 1. The van der Waals surface area contributed by atoms with Gasteiger partial charge in [-0.15, -0.1) is 0 Å². The van der Waals surface area contributed by atoms with E-state index in [1.807, 2.05) is 0 Å². The molecule has 1 aromatic rings. The van der Waals surface area contributed by atoms with E-state index in [2.05, 4.69) is 71.6 Å². The number of halogens is 1. The fraction of sp³-hybridized carbons (Fsp3) is 0.625. The minimum atomic E-state index is 0.211. The number of rotatable bonds is 3. The van der Waals surface area contributed by atoms with E-state index in [4.69, 9.17) is 5.73 Å². The van der Waals surface area contributed by atoms with Crippen molar-refractivity contribution in [2.45, 2.75) is 44.4 Å². The van der Waals surface area contributed by atoms with Gasteiger partial charge < -0.3 is 10.6 Å². The minimum Gasteiger partial charge on any atom is -0.370 e. The van der Waals surface area contributed by atoms with Crippen LogP contribution in [0, 0.1) is 0 Å². The van der Waals surface area contributed by atoms with E-state index in [0.717, 1.165) is 19.5 Å². The van der Waals surface area contributed by atoms with E-state index >= 15 is 0 Å². The van der Waals surface area contributed by atoms with Crippen molar-refractivity contribution in [2.24, 2.45) is 5.73 Å². The summed E-state index contributed by atoms with van der Waals surface area (Å²) < 4.78 is 1.59. The van der Waals surface area contributed by atoms with Gasteiger partial charge in [-0.1, -0.05) is 19.9 Å². The number of hydrogen-bond acceptors (Lipinski definition) is 3. The summed E-state index contributed by atoms with van der Waals surface area (Å²) in [6.45, 7) is 9.00. The first kappa shape index (κ1) is 16.2. The second kappa shape index (κ2) is 6.71. The topological polar surface area (TPSA) is 29.3 Å². The molecule has 0 radical (unpaired) electrons. The summed E-state index contributed by atoms with van der Waals surface area (Å²) in [4.78, 5) is 2.50. The van der Waals surface area contributed by atoms with Crippen molar-refractivity contribution in [2.75, 3.05) is 23.7 Å². The molecule has 1 aliphatic heterocycles. The summed E-state index contributed by atoms with van der Waals surface area (Å²) >= 11 is 5.82. The summed E-state index contributed by atoms with van der Waals surface area (Å²) in [5.41, 5.74) is 8.50. The van der Waals surface area contributed by atoms with Gasteiger partial charge in [0.2, 0.25) is 0 Å². The highest BCUT2D eigenvalue weighted by Crippen LogP contribution is 2.35. The Morgan fingerprint density at radius 1 is 1.40 bits per heavy atom. The monoisotopic (exact) mass is 356 g/mol. The van der Waals surface area contributed by atoms with Crippen molar-refractivity contribution in [3.05, 3.63) is 28.2 Å². The third-order valence-corrected chi connectivity index (χ3v) is 5.76. The normalized spacial score (nSPS) is 20.6. The van der Waals surface area contributed by atoms with Gasteiger partial charge in [-0.3, -0.25) is 0 Å². The molecule has 2 N–H and O–H groups in total. The second-order valence-electron chi connectivity index (χ2n) is 6.31. The molecular weight excluding hydrogens is 332 g/mol. The molecule has 1 aliphatic rings. The quantitative estimate of drug-likeness (QED) is 0.885. The summed E-state index contributed by atoms with van der Waals surface area (Å²) in [7, 11) is 0. The Hall–Kier alpha value is -0.190. The van der Waals surface area contributed by atoms with Gasteiger partial charge in [-0.05, 0) is 53.4 Å². The van der Waals surface area contributed by atoms with Gasteiger partial charge in [-0.25, -0.2) is 0 Å². The molecule has 4 heteroatoms. The summed E-state index contributed by atoms with van der Waals surface area (Å²) in [5, 5.41) is 0. The largest absolute Gasteiger partial charge is 0.370 e. The smallest absolute Gasteiger partial charge is 0.0511 e. The van der Waals surface area contributed by atoms with Gasteiger partial charge >= 0.3 is 0 Å². The van der Waals surface area contributed by atoms with Crippen LogP contribution in [0.3, 0.4) is 0 Å². The summed E-state index contributed by atoms with van der Waals surface area (Å²) in [6, 6.07) is 6.89. The molecule has 1 unspecified atom stereocenters. The SMILES string of the molecule is CC(N)Cc1ccc(N2CCSC(C)(C)CC2)c(Br)c1. The lowest BCUT2D eigenvalue weighted by Gasteiger charge is -2.25. The summed E-state index contributed by atoms with van der Waals surface area (Å²) in [5.74, 6) is 1.20. The van der Waals surface area contributed by atoms with E-state index in [1.165, 1.54) is 27.9 Å². The van der Waals surface area contributed by atoms with Crippen LogP contribution in [0.15, 0.2) is 22.7 Å². The minimum absolute atomic E-state index is 0.211. The summed E-state index contributed by atoms with van der Waals surface area (Å²) in [6.07, 6.45) is 2.16. The molecule has 0 aliphatic carbocycles. The molecule has 2 rings (SSSR count). The third-order valence-electron chi connectivity index (χ3n) is 3.75. The van der Waals surface area contributed by atoms with Gasteiger partial charge in [-0.2, -0.15) is 11.8 Å². The molecule has 0 aromatic heterocycles. The van der Waals surface area contributed by atoms with Crippen molar-refractivity contribution in [3.8, 4) is 0 Å². The zero-order valence-corrected chi connectivity index (χ0v) is 15.1. The van der Waals surface area contributed by atoms with Crippen LogP contribution in [0.2, 0.25) is 0 Å². The van der Waals surface area contributed by atoms with Crippen LogP contribution in [-0.4, -0.2) is 29.6 Å². The Bertz CT molecular complexity index is 460. The zero-order chi connectivity index (χ0) is 14.8. The number of benzene rings is 1. The van der Waals surface area contributed by atoms with Gasteiger partial charge in [0.25, 0.3) is 0 Å². The van der Waals surface area contributed by atoms with Crippen LogP contribution in [0.1, 0.15) is 32.8 Å². The van der Waals surface area contributed by atoms with Gasteiger partial charge in [0.05, 0.1) is 5.69 Å². The van der Waals surface area contributed by atoms with Crippen molar-refractivity contribution >= 4 is 33.4 Å². The number of hydrogen-bond donors (Lipinski definition) is 1. The average molecular weight is 357 g/mol. The molecule has 0 amide bonds. The van der Waals surface area contributed by atoms with Crippen molar-refractivity contribution in [3.63, 3.8) is 0 Å². The van der Waals surface area contributed by atoms with E-state index in [1.54, 1.807) is 0 Å². The highest BCUT2D eigenvalue weighted by atomic mass is 79.9. The van der Waals surface area contributed by atoms with Crippen molar-refractivity contribution < 1.29 is 0 Å². The molecule has 1 fully saturated rings. The Morgan fingerprint density at radius 3 is 2.80 bits per heavy atom. The molecule has 0 bridgehead atoms. The van der Waals surface area contributed by atoms with Crippen LogP contribution in [0.5, 0.6) is 0 Å². The standard InChI is InChI=1S/C16H25BrN2S/c1-12(18)10-13-4-5-15(14(17)11-13)19-7-6-16(2,3)20-9-8-19/h4-5,11-12H,6-10,18H2,1-3H3. The molecule has 2 nitrogen and oxygen atoms in total. The molecular formula is C16H25BrN2S. The fourth-order valence-electron chi connectivity index (χ4n) is 2.57. The Balaban J connectivity index is 2.12. The highest BCUT2D eigenvalue weighted by Gasteiger charge is 2.24. The lowest BCUT2D eigenvalue weighted by Crippen LogP contribution is -2.27. The Morgan fingerprint density at radius 2 is 2.15 bits per heavy atom. The molecule has 1 atom stereocenters. The van der Waals surface area contributed by atoms with Crippen LogP contribution in [0.4, 0.5) is 5.69 Å². The van der Waals surface area contributed by atoms with E-state index in [-0.39, 0.29) is 6.04 Å².